The van der Waals surface area contributed by atoms with Crippen molar-refractivity contribution >= 4 is 5.69 Å². The van der Waals surface area contributed by atoms with E-state index in [4.69, 9.17) is 4.74 Å². The van der Waals surface area contributed by atoms with Gasteiger partial charge in [-0.05, 0) is 30.9 Å². The summed E-state index contributed by atoms with van der Waals surface area (Å²) in [4.78, 5) is 12.7. The van der Waals surface area contributed by atoms with Crippen LogP contribution in [0.25, 0.3) is 0 Å². The molecule has 0 bridgehead atoms. The van der Waals surface area contributed by atoms with Crippen molar-refractivity contribution in [3.8, 4) is 0 Å². The van der Waals surface area contributed by atoms with E-state index in [0.29, 0.717) is 5.92 Å². The standard InChI is InChI=1S/C15H22N2O3/c1-2-16(11-14-8-10-20-12-14)9-7-13-3-5-15(6-4-13)17(18)19/h3-6,14H,2,7-12H2,1H3/t14-/m0/s1. The lowest BCUT2D eigenvalue weighted by atomic mass is 10.1. The number of nitro benzene ring substituents is 1. The predicted molar refractivity (Wildman–Crippen MR) is 77.8 cm³/mol. The zero-order chi connectivity index (χ0) is 14.4. The van der Waals surface area contributed by atoms with E-state index in [1.807, 2.05) is 12.1 Å². The van der Waals surface area contributed by atoms with Crippen molar-refractivity contribution in [2.75, 3.05) is 32.8 Å². The summed E-state index contributed by atoms with van der Waals surface area (Å²) in [6.45, 7) is 7.06. The molecular formula is C15H22N2O3. The van der Waals surface area contributed by atoms with Gasteiger partial charge in [0.1, 0.15) is 0 Å². The maximum atomic E-state index is 10.6. The number of nitro groups is 1. The van der Waals surface area contributed by atoms with E-state index in [-0.39, 0.29) is 10.6 Å². The largest absolute Gasteiger partial charge is 0.381 e. The average molecular weight is 278 g/mol. The lowest BCUT2D eigenvalue weighted by Crippen LogP contribution is -2.31. The number of hydrogen-bond donors (Lipinski definition) is 0. The Morgan fingerprint density at radius 1 is 1.40 bits per heavy atom. The molecule has 20 heavy (non-hydrogen) atoms. The van der Waals surface area contributed by atoms with Crippen LogP contribution in [0.1, 0.15) is 18.9 Å². The van der Waals surface area contributed by atoms with E-state index in [1.165, 1.54) is 0 Å². The fourth-order valence-electron chi connectivity index (χ4n) is 2.54. The van der Waals surface area contributed by atoms with Gasteiger partial charge in [-0.1, -0.05) is 19.1 Å². The highest BCUT2D eigenvalue weighted by Crippen LogP contribution is 2.15. The highest BCUT2D eigenvalue weighted by molar-refractivity contribution is 5.32. The van der Waals surface area contributed by atoms with Crippen LogP contribution in [0.3, 0.4) is 0 Å². The Hall–Kier alpha value is -1.46. The van der Waals surface area contributed by atoms with Gasteiger partial charge in [-0.25, -0.2) is 0 Å². The molecule has 5 heteroatoms. The van der Waals surface area contributed by atoms with Crippen LogP contribution in [0.4, 0.5) is 5.69 Å². The summed E-state index contributed by atoms with van der Waals surface area (Å²) in [5.41, 5.74) is 1.31. The van der Waals surface area contributed by atoms with E-state index in [2.05, 4.69) is 11.8 Å². The number of likely N-dealkylation sites (N-methyl/N-ethyl adjacent to an activating group) is 1. The number of hydrogen-bond acceptors (Lipinski definition) is 4. The number of ether oxygens (including phenoxy) is 1. The first-order chi connectivity index (χ1) is 9.69. The first-order valence-corrected chi connectivity index (χ1v) is 7.22. The molecule has 0 spiro atoms. The predicted octanol–water partition coefficient (Wildman–Crippen LogP) is 2.50. The van der Waals surface area contributed by atoms with Crippen LogP contribution < -0.4 is 0 Å². The van der Waals surface area contributed by atoms with Gasteiger partial charge < -0.3 is 9.64 Å². The zero-order valence-corrected chi connectivity index (χ0v) is 12.0. The van der Waals surface area contributed by atoms with Crippen LogP contribution in [0.2, 0.25) is 0 Å². The van der Waals surface area contributed by atoms with Gasteiger partial charge in [0.2, 0.25) is 0 Å². The van der Waals surface area contributed by atoms with Crippen LogP contribution in [-0.2, 0) is 11.2 Å². The molecule has 0 N–H and O–H groups in total. The van der Waals surface area contributed by atoms with Crippen molar-refractivity contribution in [2.45, 2.75) is 19.8 Å². The van der Waals surface area contributed by atoms with Crippen LogP contribution in [0, 0.1) is 16.0 Å². The van der Waals surface area contributed by atoms with Gasteiger partial charge in [0.05, 0.1) is 11.5 Å². The zero-order valence-electron chi connectivity index (χ0n) is 12.0. The Kier molecular flexibility index (Phi) is 5.49. The van der Waals surface area contributed by atoms with E-state index in [9.17, 15) is 10.1 Å². The topological polar surface area (TPSA) is 55.6 Å². The molecule has 0 saturated carbocycles. The van der Waals surface area contributed by atoms with Crippen molar-refractivity contribution in [3.63, 3.8) is 0 Å². The minimum atomic E-state index is -0.359. The fraction of sp³-hybridized carbons (Fsp3) is 0.600. The molecule has 1 saturated heterocycles. The summed E-state index contributed by atoms with van der Waals surface area (Å²) >= 11 is 0. The third-order valence-electron chi connectivity index (χ3n) is 3.85. The molecule has 2 rings (SSSR count). The van der Waals surface area contributed by atoms with E-state index in [1.54, 1.807) is 12.1 Å². The molecule has 0 unspecified atom stereocenters. The Morgan fingerprint density at radius 3 is 2.70 bits per heavy atom. The van der Waals surface area contributed by atoms with Crippen molar-refractivity contribution in [3.05, 3.63) is 39.9 Å². The Bertz CT molecular complexity index is 427. The Morgan fingerprint density at radius 2 is 2.15 bits per heavy atom. The lowest BCUT2D eigenvalue weighted by molar-refractivity contribution is -0.384. The summed E-state index contributed by atoms with van der Waals surface area (Å²) in [6, 6.07) is 6.86. The third kappa shape index (κ3) is 4.28. The number of nitrogens with zero attached hydrogens (tertiary/aromatic N) is 2. The quantitative estimate of drug-likeness (QED) is 0.568. The highest BCUT2D eigenvalue weighted by Gasteiger charge is 2.18. The van der Waals surface area contributed by atoms with Gasteiger partial charge in [-0.3, -0.25) is 10.1 Å². The minimum Gasteiger partial charge on any atom is -0.381 e. The van der Waals surface area contributed by atoms with Crippen LogP contribution in [0.5, 0.6) is 0 Å². The lowest BCUT2D eigenvalue weighted by Gasteiger charge is -2.23. The second kappa shape index (κ2) is 7.36. The molecule has 1 aliphatic rings. The van der Waals surface area contributed by atoms with Gasteiger partial charge in [0.15, 0.2) is 0 Å². The molecule has 1 heterocycles. The van der Waals surface area contributed by atoms with E-state index in [0.717, 1.165) is 51.3 Å². The van der Waals surface area contributed by atoms with Crippen LogP contribution >= 0.6 is 0 Å². The highest BCUT2D eigenvalue weighted by atomic mass is 16.6. The number of non-ortho nitro benzene ring substituents is 1. The second-order valence-corrected chi connectivity index (χ2v) is 5.30. The van der Waals surface area contributed by atoms with Gasteiger partial charge in [-0.2, -0.15) is 0 Å². The van der Waals surface area contributed by atoms with Gasteiger partial charge in [-0.15, -0.1) is 0 Å². The molecule has 0 amide bonds. The molecule has 1 aliphatic heterocycles. The molecule has 1 fully saturated rings. The summed E-state index contributed by atoms with van der Waals surface area (Å²) in [5, 5.41) is 10.6. The molecular weight excluding hydrogens is 256 g/mol. The first-order valence-electron chi connectivity index (χ1n) is 7.22. The van der Waals surface area contributed by atoms with Crippen molar-refractivity contribution < 1.29 is 9.66 Å². The Balaban J connectivity index is 1.81. The van der Waals surface area contributed by atoms with E-state index >= 15 is 0 Å². The molecule has 1 aromatic carbocycles. The summed E-state index contributed by atoms with van der Waals surface area (Å²) in [7, 11) is 0. The first kappa shape index (κ1) is 14.9. The van der Waals surface area contributed by atoms with Gasteiger partial charge in [0.25, 0.3) is 5.69 Å². The fourth-order valence-corrected chi connectivity index (χ4v) is 2.54. The molecule has 110 valence electrons. The van der Waals surface area contributed by atoms with Crippen molar-refractivity contribution in [1.82, 2.24) is 4.90 Å². The van der Waals surface area contributed by atoms with Crippen LogP contribution in [0.15, 0.2) is 24.3 Å². The minimum absolute atomic E-state index is 0.157. The maximum Gasteiger partial charge on any atom is 0.269 e. The summed E-state index contributed by atoms with van der Waals surface area (Å²) in [6.07, 6.45) is 2.09. The Labute approximate surface area is 119 Å². The third-order valence-corrected chi connectivity index (χ3v) is 3.85. The smallest absolute Gasteiger partial charge is 0.269 e. The molecule has 1 atom stereocenters. The second-order valence-electron chi connectivity index (χ2n) is 5.30. The monoisotopic (exact) mass is 278 g/mol. The molecule has 1 aromatic rings. The maximum absolute atomic E-state index is 10.6. The molecule has 0 radical (unpaired) electrons. The van der Waals surface area contributed by atoms with E-state index < -0.39 is 0 Å². The van der Waals surface area contributed by atoms with Crippen LogP contribution in [-0.4, -0.2) is 42.7 Å². The summed E-state index contributed by atoms with van der Waals surface area (Å²) in [5.74, 6) is 0.659. The van der Waals surface area contributed by atoms with Crippen molar-refractivity contribution in [1.29, 1.82) is 0 Å². The van der Waals surface area contributed by atoms with Gasteiger partial charge in [0, 0.05) is 31.8 Å². The number of rotatable bonds is 7. The normalized spacial score (nSPS) is 18.6. The number of benzene rings is 1. The molecule has 5 nitrogen and oxygen atoms in total. The summed E-state index contributed by atoms with van der Waals surface area (Å²) < 4.78 is 5.41. The molecule has 0 aliphatic carbocycles. The average Bonchev–Trinajstić information content (AvgIpc) is 2.96. The van der Waals surface area contributed by atoms with Crippen molar-refractivity contribution in [2.24, 2.45) is 5.92 Å². The SMILES string of the molecule is CCN(CCc1ccc([N+](=O)[O-])cc1)C[C@@H]1CCOC1. The van der Waals surface area contributed by atoms with Gasteiger partial charge >= 0.3 is 0 Å². The molecule has 0 aromatic heterocycles.